The summed E-state index contributed by atoms with van der Waals surface area (Å²) in [5.74, 6) is 0.247. The van der Waals surface area contributed by atoms with Gasteiger partial charge < -0.3 is 10.1 Å². The molecule has 100 valence electrons. The predicted octanol–water partition coefficient (Wildman–Crippen LogP) is 3.84. The summed E-state index contributed by atoms with van der Waals surface area (Å²) in [5, 5.41) is 3.23. The first-order valence-electron chi connectivity index (χ1n) is 6.21. The lowest BCUT2D eigenvalue weighted by atomic mass is 10.0. The highest BCUT2D eigenvalue weighted by atomic mass is 79.9. The Bertz CT molecular complexity index is 376. The molecule has 18 heavy (non-hydrogen) atoms. The number of rotatable bonds is 6. The molecular weight excluding hydrogens is 294 g/mol. The first-order valence-corrected chi connectivity index (χ1v) is 7.01. The van der Waals surface area contributed by atoms with E-state index in [-0.39, 0.29) is 12.0 Å². The average molecular weight is 314 g/mol. The number of nitrogens with one attached hydrogen (secondary N) is 1. The monoisotopic (exact) mass is 313 g/mol. The van der Waals surface area contributed by atoms with Gasteiger partial charge in [-0.1, -0.05) is 29.8 Å². The van der Waals surface area contributed by atoms with Gasteiger partial charge in [-0.05, 0) is 43.5 Å². The fourth-order valence-electron chi connectivity index (χ4n) is 1.68. The number of ether oxygens (including phenoxy) is 1. The van der Waals surface area contributed by atoms with E-state index in [9.17, 15) is 4.79 Å². The fraction of sp³-hybridized carbons (Fsp3) is 0.500. The summed E-state index contributed by atoms with van der Waals surface area (Å²) < 4.78 is 6.11. The second-order valence-electron chi connectivity index (χ2n) is 4.59. The fourth-order valence-corrected chi connectivity index (χ4v) is 1.94. The molecular formula is C14H20BrNO2. The van der Waals surface area contributed by atoms with Gasteiger partial charge in [-0.2, -0.15) is 0 Å². The number of esters is 1. The first-order chi connectivity index (χ1) is 8.52. The maximum absolute atomic E-state index is 11.9. The molecule has 0 bridgehead atoms. The van der Waals surface area contributed by atoms with Crippen molar-refractivity contribution in [1.29, 1.82) is 0 Å². The highest BCUT2D eigenvalue weighted by Crippen LogP contribution is 2.17. The van der Waals surface area contributed by atoms with E-state index in [0.29, 0.717) is 12.5 Å². The average Bonchev–Trinajstić information content (AvgIpc) is 2.31. The maximum Gasteiger partial charge on any atom is 0.328 e. The van der Waals surface area contributed by atoms with Crippen LogP contribution in [-0.2, 0) is 9.53 Å². The minimum absolute atomic E-state index is 0.186. The quantitative estimate of drug-likeness (QED) is 0.811. The van der Waals surface area contributed by atoms with Crippen LogP contribution in [0.15, 0.2) is 28.7 Å². The second-order valence-corrected chi connectivity index (χ2v) is 5.50. The Balaban J connectivity index is 2.71. The van der Waals surface area contributed by atoms with Gasteiger partial charge in [0.2, 0.25) is 0 Å². The molecule has 1 atom stereocenters. The van der Waals surface area contributed by atoms with Crippen LogP contribution < -0.4 is 5.32 Å². The topological polar surface area (TPSA) is 38.3 Å². The molecule has 4 heteroatoms. The number of hydrogen-bond acceptors (Lipinski definition) is 3. The van der Waals surface area contributed by atoms with E-state index in [0.717, 1.165) is 16.6 Å². The van der Waals surface area contributed by atoms with Crippen molar-refractivity contribution in [3.05, 3.63) is 28.7 Å². The highest BCUT2D eigenvalue weighted by molar-refractivity contribution is 9.10. The van der Waals surface area contributed by atoms with Crippen LogP contribution in [0.4, 0.5) is 5.69 Å². The van der Waals surface area contributed by atoms with Crippen LogP contribution in [0.5, 0.6) is 0 Å². The van der Waals surface area contributed by atoms with E-state index >= 15 is 0 Å². The van der Waals surface area contributed by atoms with E-state index in [1.54, 1.807) is 0 Å². The SMILES string of the molecule is CCOC(=O)C(CC(C)C)Nc1ccc(Br)cc1. The van der Waals surface area contributed by atoms with Crippen molar-refractivity contribution in [1.82, 2.24) is 0 Å². The molecule has 1 aromatic carbocycles. The van der Waals surface area contributed by atoms with Gasteiger partial charge in [0.1, 0.15) is 6.04 Å². The molecule has 0 aromatic heterocycles. The van der Waals surface area contributed by atoms with Crippen molar-refractivity contribution in [2.24, 2.45) is 5.92 Å². The molecule has 0 amide bonds. The Morgan fingerprint density at radius 3 is 2.44 bits per heavy atom. The number of hydrogen-bond donors (Lipinski definition) is 1. The van der Waals surface area contributed by atoms with Gasteiger partial charge >= 0.3 is 5.97 Å². The number of benzene rings is 1. The van der Waals surface area contributed by atoms with Gasteiger partial charge in [0.05, 0.1) is 6.61 Å². The lowest BCUT2D eigenvalue weighted by Gasteiger charge is -2.20. The summed E-state index contributed by atoms with van der Waals surface area (Å²) in [4.78, 5) is 11.9. The van der Waals surface area contributed by atoms with Crippen molar-refractivity contribution in [3.63, 3.8) is 0 Å². The molecule has 3 nitrogen and oxygen atoms in total. The summed E-state index contributed by atoms with van der Waals surface area (Å²) in [5.41, 5.74) is 0.928. The van der Waals surface area contributed by atoms with Crippen LogP contribution in [-0.4, -0.2) is 18.6 Å². The largest absolute Gasteiger partial charge is 0.464 e. The van der Waals surface area contributed by atoms with Gasteiger partial charge in [-0.15, -0.1) is 0 Å². The standard InChI is InChI=1S/C14H20BrNO2/c1-4-18-14(17)13(9-10(2)3)16-12-7-5-11(15)6-8-12/h5-8,10,13,16H,4,9H2,1-3H3. The third-order valence-corrected chi connectivity index (χ3v) is 2.99. The summed E-state index contributed by atoms with van der Waals surface area (Å²) in [6.45, 7) is 6.42. The van der Waals surface area contributed by atoms with Crippen LogP contribution >= 0.6 is 15.9 Å². The molecule has 1 rings (SSSR count). The molecule has 0 fully saturated rings. The zero-order chi connectivity index (χ0) is 13.5. The molecule has 0 aliphatic heterocycles. The summed E-state index contributed by atoms with van der Waals surface area (Å²) in [7, 11) is 0. The number of halogens is 1. The first kappa shape index (κ1) is 15.0. The Labute approximate surface area is 117 Å². The highest BCUT2D eigenvalue weighted by Gasteiger charge is 2.20. The van der Waals surface area contributed by atoms with E-state index < -0.39 is 0 Å². The molecule has 1 N–H and O–H groups in total. The van der Waals surface area contributed by atoms with Gasteiger partial charge in [-0.3, -0.25) is 0 Å². The Morgan fingerprint density at radius 2 is 1.94 bits per heavy atom. The van der Waals surface area contributed by atoms with E-state index in [1.165, 1.54) is 0 Å². The van der Waals surface area contributed by atoms with Crippen molar-refractivity contribution >= 4 is 27.6 Å². The molecule has 1 unspecified atom stereocenters. The normalized spacial score (nSPS) is 12.3. The van der Waals surface area contributed by atoms with Crippen molar-refractivity contribution in [2.75, 3.05) is 11.9 Å². The van der Waals surface area contributed by atoms with Crippen LogP contribution in [0.3, 0.4) is 0 Å². The molecule has 0 saturated heterocycles. The summed E-state index contributed by atoms with van der Waals surface area (Å²) in [6, 6.07) is 7.48. The van der Waals surface area contributed by atoms with Crippen molar-refractivity contribution in [2.45, 2.75) is 33.2 Å². The Hall–Kier alpha value is -1.03. The van der Waals surface area contributed by atoms with Crippen LogP contribution in [0.2, 0.25) is 0 Å². The lowest BCUT2D eigenvalue weighted by Crippen LogP contribution is -2.32. The van der Waals surface area contributed by atoms with Gasteiger partial charge in [0.25, 0.3) is 0 Å². The molecule has 0 saturated carbocycles. The minimum atomic E-state index is -0.286. The van der Waals surface area contributed by atoms with Crippen LogP contribution in [0.1, 0.15) is 27.2 Å². The number of carbonyl (C=O) groups is 1. The molecule has 1 aromatic rings. The molecule has 0 heterocycles. The van der Waals surface area contributed by atoms with Crippen molar-refractivity contribution in [3.8, 4) is 0 Å². The molecule has 0 aliphatic rings. The molecule has 0 aliphatic carbocycles. The van der Waals surface area contributed by atoms with Gasteiger partial charge in [-0.25, -0.2) is 4.79 Å². The smallest absolute Gasteiger partial charge is 0.328 e. The minimum Gasteiger partial charge on any atom is -0.464 e. The van der Waals surface area contributed by atoms with E-state index in [2.05, 4.69) is 35.1 Å². The lowest BCUT2D eigenvalue weighted by molar-refractivity contribution is -0.144. The third-order valence-electron chi connectivity index (χ3n) is 2.46. The van der Waals surface area contributed by atoms with Gasteiger partial charge in [0, 0.05) is 10.2 Å². The molecule has 0 spiro atoms. The Morgan fingerprint density at radius 1 is 1.33 bits per heavy atom. The summed E-state index contributed by atoms with van der Waals surface area (Å²) in [6.07, 6.45) is 0.759. The zero-order valence-electron chi connectivity index (χ0n) is 11.1. The predicted molar refractivity (Wildman–Crippen MR) is 77.6 cm³/mol. The van der Waals surface area contributed by atoms with Crippen LogP contribution in [0.25, 0.3) is 0 Å². The maximum atomic E-state index is 11.9. The Kier molecular flexibility index (Phi) is 6.19. The van der Waals surface area contributed by atoms with Gasteiger partial charge in [0.15, 0.2) is 0 Å². The third kappa shape index (κ3) is 5.08. The second kappa shape index (κ2) is 7.41. The summed E-state index contributed by atoms with van der Waals surface area (Å²) >= 11 is 3.39. The molecule has 0 radical (unpaired) electrons. The number of carbonyl (C=O) groups excluding carboxylic acids is 1. The van der Waals surface area contributed by atoms with Crippen LogP contribution in [0, 0.1) is 5.92 Å². The number of anilines is 1. The van der Waals surface area contributed by atoms with E-state index in [4.69, 9.17) is 4.74 Å². The zero-order valence-corrected chi connectivity index (χ0v) is 12.7. The van der Waals surface area contributed by atoms with Crippen molar-refractivity contribution < 1.29 is 9.53 Å². The van der Waals surface area contributed by atoms with E-state index in [1.807, 2.05) is 31.2 Å².